The van der Waals surface area contributed by atoms with E-state index in [9.17, 15) is 10.1 Å². The zero-order chi connectivity index (χ0) is 13.8. The molecule has 0 bridgehead atoms. The fourth-order valence-electron chi connectivity index (χ4n) is 2.65. The van der Waals surface area contributed by atoms with Crippen molar-refractivity contribution in [3.8, 4) is 6.07 Å². The fourth-order valence-corrected chi connectivity index (χ4v) is 2.65. The molecule has 2 rings (SSSR count). The van der Waals surface area contributed by atoms with Crippen LogP contribution in [0, 0.1) is 24.2 Å². The van der Waals surface area contributed by atoms with Crippen molar-refractivity contribution in [3.05, 3.63) is 35.4 Å². The summed E-state index contributed by atoms with van der Waals surface area (Å²) in [5.74, 6) is -0.975. The second-order valence-electron chi connectivity index (χ2n) is 5.04. The lowest BCUT2D eigenvalue weighted by atomic mass is 9.93. The third-order valence-electron chi connectivity index (χ3n) is 3.85. The highest BCUT2D eigenvalue weighted by Crippen LogP contribution is 2.28. The molecule has 19 heavy (non-hydrogen) atoms. The van der Waals surface area contributed by atoms with Crippen LogP contribution >= 0.6 is 0 Å². The van der Waals surface area contributed by atoms with Gasteiger partial charge in [0.1, 0.15) is 6.04 Å². The van der Waals surface area contributed by atoms with Gasteiger partial charge in [-0.2, -0.15) is 5.26 Å². The lowest BCUT2D eigenvalue weighted by Crippen LogP contribution is -2.38. The van der Waals surface area contributed by atoms with E-state index in [1.165, 1.54) is 0 Å². The van der Waals surface area contributed by atoms with Crippen LogP contribution in [0.5, 0.6) is 0 Å². The minimum Gasteiger partial charge on any atom is -0.481 e. The highest BCUT2D eigenvalue weighted by atomic mass is 16.4. The van der Waals surface area contributed by atoms with Crippen LogP contribution in [-0.4, -0.2) is 29.1 Å². The van der Waals surface area contributed by atoms with Gasteiger partial charge in [-0.15, -0.1) is 0 Å². The van der Waals surface area contributed by atoms with E-state index in [0.29, 0.717) is 25.9 Å². The second kappa shape index (κ2) is 5.85. The standard InChI is InChI=1S/C15H18N2O2/c1-11-4-2-3-5-13(11)14(10-16)17-8-6-12(7-9-17)15(18)19/h2-5,12,14H,6-9H2,1H3,(H,18,19). The molecule has 0 radical (unpaired) electrons. The molecule has 0 amide bonds. The van der Waals surface area contributed by atoms with Crippen molar-refractivity contribution in [2.24, 2.45) is 5.92 Å². The second-order valence-corrected chi connectivity index (χ2v) is 5.04. The van der Waals surface area contributed by atoms with Crippen LogP contribution in [-0.2, 0) is 4.79 Å². The van der Waals surface area contributed by atoms with Crippen molar-refractivity contribution in [2.45, 2.75) is 25.8 Å². The van der Waals surface area contributed by atoms with Crippen molar-refractivity contribution in [2.75, 3.05) is 13.1 Å². The predicted molar refractivity (Wildman–Crippen MR) is 71.5 cm³/mol. The summed E-state index contributed by atoms with van der Waals surface area (Å²) < 4.78 is 0. The summed E-state index contributed by atoms with van der Waals surface area (Å²) in [6.07, 6.45) is 1.25. The van der Waals surface area contributed by atoms with E-state index < -0.39 is 5.97 Å². The number of carboxylic acids is 1. The van der Waals surface area contributed by atoms with Gasteiger partial charge in [0.05, 0.1) is 12.0 Å². The van der Waals surface area contributed by atoms with Crippen LogP contribution < -0.4 is 0 Å². The molecule has 1 saturated heterocycles. The molecule has 0 spiro atoms. The molecule has 1 aliphatic rings. The maximum Gasteiger partial charge on any atom is 0.306 e. The van der Waals surface area contributed by atoms with Crippen LogP contribution in [0.15, 0.2) is 24.3 Å². The Labute approximate surface area is 113 Å². The summed E-state index contributed by atoms with van der Waals surface area (Å²) in [5.41, 5.74) is 2.13. The van der Waals surface area contributed by atoms with Gasteiger partial charge in [0.2, 0.25) is 0 Å². The van der Waals surface area contributed by atoms with Gasteiger partial charge in [-0.3, -0.25) is 9.69 Å². The molecular weight excluding hydrogens is 240 g/mol. The maximum absolute atomic E-state index is 10.9. The molecule has 1 unspecified atom stereocenters. The zero-order valence-corrected chi connectivity index (χ0v) is 11.0. The normalized spacial score (nSPS) is 18.7. The van der Waals surface area contributed by atoms with Gasteiger partial charge in [-0.1, -0.05) is 24.3 Å². The molecule has 0 saturated carbocycles. The lowest BCUT2D eigenvalue weighted by molar-refractivity contribution is -0.143. The molecule has 1 heterocycles. The number of carboxylic acid groups (broad SMARTS) is 1. The van der Waals surface area contributed by atoms with Crippen LogP contribution in [0.1, 0.15) is 30.0 Å². The average molecular weight is 258 g/mol. The third-order valence-corrected chi connectivity index (χ3v) is 3.85. The number of carbonyl (C=O) groups is 1. The molecule has 1 fully saturated rings. The van der Waals surface area contributed by atoms with Gasteiger partial charge in [0.15, 0.2) is 0 Å². The quantitative estimate of drug-likeness (QED) is 0.904. The Hall–Kier alpha value is -1.86. The highest BCUT2D eigenvalue weighted by molar-refractivity contribution is 5.70. The maximum atomic E-state index is 10.9. The Morgan fingerprint density at radius 1 is 1.42 bits per heavy atom. The van der Waals surface area contributed by atoms with Crippen molar-refractivity contribution in [3.63, 3.8) is 0 Å². The summed E-state index contributed by atoms with van der Waals surface area (Å²) in [6.45, 7) is 3.34. The van der Waals surface area contributed by atoms with Crippen LogP contribution in [0.2, 0.25) is 0 Å². The first-order valence-electron chi connectivity index (χ1n) is 6.55. The van der Waals surface area contributed by atoms with E-state index in [0.717, 1.165) is 11.1 Å². The Bertz CT molecular complexity index is 499. The van der Waals surface area contributed by atoms with Crippen LogP contribution in [0.4, 0.5) is 0 Å². The van der Waals surface area contributed by atoms with Crippen molar-refractivity contribution < 1.29 is 9.90 Å². The molecule has 0 aromatic heterocycles. The van der Waals surface area contributed by atoms with Gasteiger partial charge in [-0.25, -0.2) is 0 Å². The van der Waals surface area contributed by atoms with E-state index >= 15 is 0 Å². The number of nitrogens with zero attached hydrogens (tertiary/aromatic N) is 2. The number of nitriles is 1. The molecule has 1 aromatic rings. The molecule has 1 aromatic carbocycles. The Morgan fingerprint density at radius 3 is 2.58 bits per heavy atom. The molecule has 4 nitrogen and oxygen atoms in total. The van der Waals surface area contributed by atoms with E-state index in [1.54, 1.807) is 0 Å². The summed E-state index contributed by atoms with van der Waals surface area (Å²) in [6, 6.07) is 9.97. The summed E-state index contributed by atoms with van der Waals surface area (Å²) >= 11 is 0. The van der Waals surface area contributed by atoms with Crippen molar-refractivity contribution >= 4 is 5.97 Å². The smallest absolute Gasteiger partial charge is 0.306 e. The molecule has 4 heteroatoms. The van der Waals surface area contributed by atoms with Gasteiger partial charge in [-0.05, 0) is 30.9 Å². The molecule has 1 atom stereocenters. The summed E-state index contributed by atoms with van der Waals surface area (Å²) in [5, 5.41) is 18.4. The molecule has 1 N–H and O–H groups in total. The SMILES string of the molecule is Cc1ccccc1C(C#N)N1CCC(C(=O)O)CC1. The number of piperidine rings is 1. The van der Waals surface area contributed by atoms with Gasteiger partial charge in [0.25, 0.3) is 0 Å². The van der Waals surface area contributed by atoms with E-state index in [2.05, 4.69) is 11.0 Å². The summed E-state index contributed by atoms with van der Waals surface area (Å²) in [4.78, 5) is 13.0. The minimum atomic E-state index is -0.718. The first-order valence-corrected chi connectivity index (χ1v) is 6.55. The number of benzene rings is 1. The van der Waals surface area contributed by atoms with Crippen LogP contribution in [0.3, 0.4) is 0 Å². The number of hydrogen-bond acceptors (Lipinski definition) is 3. The summed E-state index contributed by atoms with van der Waals surface area (Å²) in [7, 11) is 0. The topological polar surface area (TPSA) is 64.3 Å². The Morgan fingerprint density at radius 2 is 2.05 bits per heavy atom. The van der Waals surface area contributed by atoms with Crippen molar-refractivity contribution in [1.29, 1.82) is 5.26 Å². The monoisotopic (exact) mass is 258 g/mol. The molecular formula is C15H18N2O2. The number of hydrogen-bond donors (Lipinski definition) is 1. The fraction of sp³-hybridized carbons (Fsp3) is 0.467. The molecule has 100 valence electrons. The first kappa shape index (κ1) is 13.6. The largest absolute Gasteiger partial charge is 0.481 e. The van der Waals surface area contributed by atoms with Gasteiger partial charge < -0.3 is 5.11 Å². The number of rotatable bonds is 3. The molecule has 0 aliphatic carbocycles. The third kappa shape index (κ3) is 2.94. The molecule has 1 aliphatic heterocycles. The number of likely N-dealkylation sites (tertiary alicyclic amines) is 1. The number of aryl methyl sites for hydroxylation is 1. The lowest BCUT2D eigenvalue weighted by Gasteiger charge is -2.33. The van der Waals surface area contributed by atoms with E-state index in [4.69, 9.17) is 5.11 Å². The number of aliphatic carboxylic acids is 1. The van der Waals surface area contributed by atoms with Gasteiger partial charge >= 0.3 is 5.97 Å². The minimum absolute atomic E-state index is 0.257. The zero-order valence-electron chi connectivity index (χ0n) is 11.0. The highest BCUT2D eigenvalue weighted by Gasteiger charge is 2.29. The Balaban J connectivity index is 2.11. The predicted octanol–water partition coefficient (Wildman–Crippen LogP) is 2.36. The Kier molecular flexibility index (Phi) is 4.18. The van der Waals surface area contributed by atoms with Crippen molar-refractivity contribution in [1.82, 2.24) is 4.90 Å². The van der Waals surface area contributed by atoms with Crippen LogP contribution in [0.25, 0.3) is 0 Å². The van der Waals surface area contributed by atoms with Gasteiger partial charge in [0, 0.05) is 13.1 Å². The van der Waals surface area contributed by atoms with E-state index in [1.807, 2.05) is 31.2 Å². The first-order chi connectivity index (χ1) is 9.13. The average Bonchev–Trinajstić information content (AvgIpc) is 2.42. The van der Waals surface area contributed by atoms with E-state index in [-0.39, 0.29) is 12.0 Å².